The molecule has 76 valence electrons. The Balaban J connectivity index is 2.09. The Morgan fingerprint density at radius 3 is 2.69 bits per heavy atom. The van der Waals surface area contributed by atoms with Crippen LogP contribution in [0.3, 0.4) is 0 Å². The molecule has 1 fully saturated rings. The number of rotatable bonds is 5. The lowest BCUT2D eigenvalue weighted by Crippen LogP contribution is -2.34. The molecule has 1 rings (SSSR count). The molecule has 1 atom stereocenters. The molecule has 0 unspecified atom stereocenters. The van der Waals surface area contributed by atoms with Crippen LogP contribution in [0.15, 0.2) is 0 Å². The highest BCUT2D eigenvalue weighted by Gasteiger charge is 2.20. The highest BCUT2D eigenvalue weighted by Crippen LogP contribution is 2.27. The van der Waals surface area contributed by atoms with E-state index in [1.54, 1.807) is 0 Å². The van der Waals surface area contributed by atoms with Gasteiger partial charge in [0.1, 0.15) is 0 Å². The molecule has 3 nitrogen and oxygen atoms in total. The van der Waals surface area contributed by atoms with Crippen LogP contribution in [0, 0.1) is 5.92 Å². The van der Waals surface area contributed by atoms with Crippen molar-refractivity contribution in [3.8, 4) is 0 Å². The molecule has 0 aliphatic heterocycles. The van der Waals surface area contributed by atoms with Crippen molar-refractivity contribution < 1.29 is 4.79 Å². The van der Waals surface area contributed by atoms with E-state index in [4.69, 9.17) is 5.73 Å². The van der Waals surface area contributed by atoms with Crippen molar-refractivity contribution in [1.82, 2.24) is 5.32 Å². The van der Waals surface area contributed by atoms with Gasteiger partial charge in [0.2, 0.25) is 5.91 Å². The normalized spacial score (nSPS) is 20.4. The Morgan fingerprint density at radius 2 is 2.15 bits per heavy atom. The first kappa shape index (κ1) is 10.5. The van der Waals surface area contributed by atoms with Gasteiger partial charge in [0, 0.05) is 19.0 Å². The van der Waals surface area contributed by atoms with E-state index in [1.165, 1.54) is 25.7 Å². The van der Waals surface area contributed by atoms with Gasteiger partial charge in [-0.1, -0.05) is 12.8 Å². The Labute approximate surface area is 80.1 Å². The predicted molar refractivity (Wildman–Crippen MR) is 53.2 cm³/mol. The van der Waals surface area contributed by atoms with Crippen LogP contribution in [0.1, 0.15) is 39.0 Å². The van der Waals surface area contributed by atoms with Crippen LogP contribution < -0.4 is 11.1 Å². The number of nitrogens with two attached hydrogens (primary N) is 1. The zero-order valence-electron chi connectivity index (χ0n) is 8.38. The smallest absolute Gasteiger partial charge is 0.218 e. The number of hydrogen-bond donors (Lipinski definition) is 2. The molecule has 1 amide bonds. The van der Waals surface area contributed by atoms with E-state index in [-0.39, 0.29) is 5.91 Å². The molecule has 3 N–H and O–H groups in total. The molecular weight excluding hydrogens is 164 g/mol. The molecule has 0 aromatic carbocycles. The topological polar surface area (TPSA) is 55.1 Å². The van der Waals surface area contributed by atoms with Crippen molar-refractivity contribution >= 4 is 5.91 Å². The summed E-state index contributed by atoms with van der Waals surface area (Å²) in [6.07, 6.45) is 5.87. The standard InChI is InChI=1S/C10H20N2O/c1-8(9-4-2-3-5-9)12-7-6-10(11)13/h8-9,12H,2-7H2,1H3,(H2,11,13)/t8-/m0/s1. The van der Waals surface area contributed by atoms with Crippen LogP contribution in [0.5, 0.6) is 0 Å². The maximum absolute atomic E-state index is 10.5. The molecular formula is C10H20N2O. The maximum atomic E-state index is 10.5. The summed E-state index contributed by atoms with van der Waals surface area (Å²) in [6.45, 7) is 2.93. The third-order valence-corrected chi connectivity index (χ3v) is 2.94. The van der Waals surface area contributed by atoms with E-state index in [0.717, 1.165) is 12.5 Å². The highest BCUT2D eigenvalue weighted by atomic mass is 16.1. The zero-order chi connectivity index (χ0) is 9.68. The van der Waals surface area contributed by atoms with E-state index in [2.05, 4.69) is 12.2 Å². The fraction of sp³-hybridized carbons (Fsp3) is 0.900. The van der Waals surface area contributed by atoms with Crippen molar-refractivity contribution in [1.29, 1.82) is 0 Å². The second-order valence-corrected chi connectivity index (χ2v) is 4.00. The first-order valence-electron chi connectivity index (χ1n) is 5.22. The van der Waals surface area contributed by atoms with E-state index >= 15 is 0 Å². The third kappa shape index (κ3) is 3.77. The van der Waals surface area contributed by atoms with Gasteiger partial charge in [0.25, 0.3) is 0 Å². The summed E-state index contributed by atoms with van der Waals surface area (Å²) in [5.41, 5.74) is 5.05. The molecule has 13 heavy (non-hydrogen) atoms. The zero-order valence-corrected chi connectivity index (χ0v) is 8.38. The quantitative estimate of drug-likeness (QED) is 0.670. The van der Waals surface area contributed by atoms with Crippen molar-refractivity contribution in [2.45, 2.75) is 45.1 Å². The number of hydrogen-bond acceptors (Lipinski definition) is 2. The molecule has 0 saturated heterocycles. The van der Waals surface area contributed by atoms with Crippen molar-refractivity contribution in [3.05, 3.63) is 0 Å². The van der Waals surface area contributed by atoms with Gasteiger partial charge in [0.05, 0.1) is 0 Å². The summed E-state index contributed by atoms with van der Waals surface area (Å²) in [6, 6.07) is 0.543. The molecule has 0 radical (unpaired) electrons. The van der Waals surface area contributed by atoms with Crippen LogP contribution in [0.2, 0.25) is 0 Å². The van der Waals surface area contributed by atoms with Gasteiger partial charge in [-0.3, -0.25) is 4.79 Å². The molecule has 1 aliphatic carbocycles. The molecule has 1 saturated carbocycles. The molecule has 0 spiro atoms. The monoisotopic (exact) mass is 184 g/mol. The van der Waals surface area contributed by atoms with Gasteiger partial charge in [-0.15, -0.1) is 0 Å². The largest absolute Gasteiger partial charge is 0.370 e. The first-order chi connectivity index (χ1) is 6.20. The minimum absolute atomic E-state index is 0.217. The van der Waals surface area contributed by atoms with Crippen molar-refractivity contribution in [2.24, 2.45) is 11.7 Å². The van der Waals surface area contributed by atoms with Gasteiger partial charge >= 0.3 is 0 Å². The van der Waals surface area contributed by atoms with Crippen LogP contribution in [-0.2, 0) is 4.79 Å². The summed E-state index contributed by atoms with van der Waals surface area (Å²) < 4.78 is 0. The number of amides is 1. The van der Waals surface area contributed by atoms with Crippen molar-refractivity contribution in [3.63, 3.8) is 0 Å². The van der Waals surface area contributed by atoms with Crippen LogP contribution in [0.4, 0.5) is 0 Å². The van der Waals surface area contributed by atoms with Gasteiger partial charge < -0.3 is 11.1 Å². The molecule has 1 aliphatic rings. The highest BCUT2D eigenvalue weighted by molar-refractivity contribution is 5.73. The van der Waals surface area contributed by atoms with Gasteiger partial charge in [-0.2, -0.15) is 0 Å². The second kappa shape index (κ2) is 5.22. The van der Waals surface area contributed by atoms with E-state index < -0.39 is 0 Å². The maximum Gasteiger partial charge on any atom is 0.218 e. The fourth-order valence-corrected chi connectivity index (χ4v) is 2.05. The van der Waals surface area contributed by atoms with Crippen molar-refractivity contribution in [2.75, 3.05) is 6.54 Å². The van der Waals surface area contributed by atoms with Crippen LogP contribution in [-0.4, -0.2) is 18.5 Å². The van der Waals surface area contributed by atoms with Gasteiger partial charge in [0.15, 0.2) is 0 Å². The summed E-state index contributed by atoms with van der Waals surface area (Å²) >= 11 is 0. The molecule has 0 aromatic heterocycles. The Hall–Kier alpha value is -0.570. The Kier molecular flexibility index (Phi) is 4.22. The van der Waals surface area contributed by atoms with E-state index in [0.29, 0.717) is 12.5 Å². The lowest BCUT2D eigenvalue weighted by Gasteiger charge is -2.19. The summed E-state index contributed by atoms with van der Waals surface area (Å²) in [5.74, 6) is 0.596. The molecule has 0 bridgehead atoms. The molecule has 0 aromatic rings. The van der Waals surface area contributed by atoms with E-state index in [1.807, 2.05) is 0 Å². The molecule has 0 heterocycles. The Morgan fingerprint density at radius 1 is 1.54 bits per heavy atom. The van der Waals surface area contributed by atoms with E-state index in [9.17, 15) is 4.79 Å². The minimum Gasteiger partial charge on any atom is -0.370 e. The lowest BCUT2D eigenvalue weighted by atomic mass is 10.00. The SMILES string of the molecule is C[C@H](NCCC(N)=O)C1CCCC1. The van der Waals surface area contributed by atoms with Crippen LogP contribution >= 0.6 is 0 Å². The minimum atomic E-state index is -0.217. The Bertz CT molecular complexity index is 164. The predicted octanol–water partition coefficient (Wildman–Crippen LogP) is 1.03. The summed E-state index contributed by atoms with van der Waals surface area (Å²) in [5, 5.41) is 3.36. The molecule has 3 heteroatoms. The number of primary amides is 1. The van der Waals surface area contributed by atoms with Crippen LogP contribution in [0.25, 0.3) is 0 Å². The fourth-order valence-electron chi connectivity index (χ4n) is 2.05. The first-order valence-corrected chi connectivity index (χ1v) is 5.22. The number of carbonyl (C=O) groups excluding carboxylic acids is 1. The average molecular weight is 184 g/mol. The third-order valence-electron chi connectivity index (χ3n) is 2.94. The van der Waals surface area contributed by atoms with Gasteiger partial charge in [-0.05, 0) is 25.7 Å². The number of carbonyl (C=O) groups is 1. The summed E-state index contributed by atoms with van der Waals surface area (Å²) in [4.78, 5) is 10.5. The number of nitrogens with one attached hydrogen (secondary N) is 1. The average Bonchev–Trinajstić information content (AvgIpc) is 2.55. The lowest BCUT2D eigenvalue weighted by molar-refractivity contribution is -0.117. The second-order valence-electron chi connectivity index (χ2n) is 4.00. The summed E-state index contributed by atoms with van der Waals surface area (Å²) in [7, 11) is 0. The van der Waals surface area contributed by atoms with Gasteiger partial charge in [-0.25, -0.2) is 0 Å².